The molecule has 1 aliphatic heterocycles. The van der Waals surface area contributed by atoms with Crippen molar-refractivity contribution in [2.24, 2.45) is 5.92 Å². The van der Waals surface area contributed by atoms with Gasteiger partial charge in [0.2, 0.25) is 5.75 Å². The van der Waals surface area contributed by atoms with Crippen LogP contribution in [0.1, 0.15) is 30.0 Å². The monoisotopic (exact) mass is 391 g/mol. The highest BCUT2D eigenvalue weighted by atomic mass is 32.1. The Kier molecular flexibility index (Phi) is 6.23. The number of piperidine rings is 1. The van der Waals surface area contributed by atoms with E-state index in [1.807, 2.05) is 12.1 Å². The lowest BCUT2D eigenvalue weighted by molar-refractivity contribution is -0.143. The number of hydrogen-bond acceptors (Lipinski definition) is 6. The van der Waals surface area contributed by atoms with E-state index < -0.39 is 5.97 Å². The van der Waals surface area contributed by atoms with Gasteiger partial charge in [0.05, 0.1) is 33.3 Å². The predicted octanol–water partition coefficient (Wildman–Crippen LogP) is 3.66. The zero-order valence-corrected chi connectivity index (χ0v) is 16.6. The van der Waals surface area contributed by atoms with Gasteiger partial charge in [0.15, 0.2) is 11.5 Å². The second kappa shape index (κ2) is 8.63. The number of hydrogen-bond donors (Lipinski definition) is 1. The number of thiophene rings is 1. The van der Waals surface area contributed by atoms with Crippen LogP contribution in [0.4, 0.5) is 0 Å². The summed E-state index contributed by atoms with van der Waals surface area (Å²) in [6.45, 7) is 1.43. The first kappa shape index (κ1) is 19.5. The van der Waals surface area contributed by atoms with E-state index in [2.05, 4.69) is 21.7 Å². The Balaban J connectivity index is 2.02. The van der Waals surface area contributed by atoms with Crippen LogP contribution in [0, 0.1) is 5.92 Å². The standard InChI is InChI=1S/C20H25NO5S/c1-24-16-5-4-15(18(25-2)19(16)26-3)17(14-8-11-27-12-14)21-9-6-13(7-10-21)20(22)23/h4-5,8,11-13,17H,6-7,9-10H2,1-3H3,(H,22,23). The minimum absolute atomic E-state index is 0.0271. The molecule has 7 heteroatoms. The minimum atomic E-state index is -0.703. The molecular weight excluding hydrogens is 366 g/mol. The lowest BCUT2D eigenvalue weighted by atomic mass is 9.91. The molecule has 2 heterocycles. The number of likely N-dealkylation sites (tertiary alicyclic amines) is 1. The molecule has 1 N–H and O–H groups in total. The van der Waals surface area contributed by atoms with Crippen LogP contribution in [0.25, 0.3) is 0 Å². The second-order valence-corrected chi connectivity index (χ2v) is 7.31. The SMILES string of the molecule is COc1ccc(C(c2ccsc2)N2CCC(C(=O)O)CC2)c(OC)c1OC. The maximum absolute atomic E-state index is 11.3. The average Bonchev–Trinajstić information content (AvgIpc) is 3.22. The highest BCUT2D eigenvalue weighted by Crippen LogP contribution is 2.46. The first-order valence-electron chi connectivity index (χ1n) is 8.88. The van der Waals surface area contributed by atoms with Gasteiger partial charge in [-0.1, -0.05) is 0 Å². The Hall–Kier alpha value is -2.25. The van der Waals surface area contributed by atoms with Gasteiger partial charge in [-0.2, -0.15) is 11.3 Å². The summed E-state index contributed by atoms with van der Waals surface area (Å²) in [5.41, 5.74) is 2.15. The molecule has 0 bridgehead atoms. The summed E-state index contributed by atoms with van der Waals surface area (Å²) < 4.78 is 16.7. The summed E-state index contributed by atoms with van der Waals surface area (Å²) in [6.07, 6.45) is 1.29. The van der Waals surface area contributed by atoms with Crippen molar-refractivity contribution in [1.82, 2.24) is 4.90 Å². The lowest BCUT2D eigenvalue weighted by Crippen LogP contribution is -2.39. The molecule has 0 saturated carbocycles. The Morgan fingerprint density at radius 3 is 2.33 bits per heavy atom. The highest BCUT2D eigenvalue weighted by molar-refractivity contribution is 7.08. The Labute approximate surface area is 163 Å². The summed E-state index contributed by atoms with van der Waals surface area (Å²) in [4.78, 5) is 13.6. The van der Waals surface area contributed by atoms with Crippen molar-refractivity contribution < 1.29 is 24.1 Å². The number of rotatable bonds is 7. The highest BCUT2D eigenvalue weighted by Gasteiger charge is 2.33. The third-order valence-corrected chi connectivity index (χ3v) is 5.83. The molecule has 0 amide bonds. The third kappa shape index (κ3) is 3.89. The van der Waals surface area contributed by atoms with Gasteiger partial charge in [0, 0.05) is 5.56 Å². The number of carboxylic acid groups (broad SMARTS) is 1. The van der Waals surface area contributed by atoms with Crippen LogP contribution in [0.5, 0.6) is 17.2 Å². The Morgan fingerprint density at radius 1 is 1.11 bits per heavy atom. The number of ether oxygens (including phenoxy) is 3. The van der Waals surface area contributed by atoms with Crippen molar-refractivity contribution in [2.45, 2.75) is 18.9 Å². The van der Waals surface area contributed by atoms with Crippen LogP contribution in [0.2, 0.25) is 0 Å². The zero-order chi connectivity index (χ0) is 19.4. The second-order valence-electron chi connectivity index (χ2n) is 6.53. The van der Waals surface area contributed by atoms with Gasteiger partial charge in [-0.25, -0.2) is 0 Å². The number of nitrogens with zero attached hydrogens (tertiary/aromatic N) is 1. The normalized spacial score (nSPS) is 16.7. The molecule has 1 fully saturated rings. The summed E-state index contributed by atoms with van der Waals surface area (Å²) >= 11 is 1.65. The number of aliphatic carboxylic acids is 1. The van der Waals surface area contributed by atoms with Crippen molar-refractivity contribution in [3.05, 3.63) is 40.1 Å². The fraction of sp³-hybridized carbons (Fsp3) is 0.450. The maximum Gasteiger partial charge on any atom is 0.306 e. The average molecular weight is 391 g/mol. The lowest BCUT2D eigenvalue weighted by Gasteiger charge is -2.37. The smallest absolute Gasteiger partial charge is 0.306 e. The molecule has 3 rings (SSSR count). The Bertz CT molecular complexity index is 769. The van der Waals surface area contributed by atoms with Gasteiger partial charge < -0.3 is 19.3 Å². The van der Waals surface area contributed by atoms with Gasteiger partial charge in [-0.3, -0.25) is 9.69 Å². The molecular formula is C20H25NO5S. The van der Waals surface area contributed by atoms with E-state index in [0.29, 0.717) is 30.1 Å². The molecule has 1 saturated heterocycles. The molecule has 146 valence electrons. The summed E-state index contributed by atoms with van der Waals surface area (Å²) in [5, 5.41) is 13.5. The predicted molar refractivity (Wildman–Crippen MR) is 104 cm³/mol. The molecule has 0 spiro atoms. The van der Waals surface area contributed by atoms with E-state index in [0.717, 1.165) is 18.7 Å². The fourth-order valence-electron chi connectivity index (χ4n) is 3.76. The molecule has 1 aliphatic rings. The Morgan fingerprint density at radius 2 is 1.81 bits per heavy atom. The molecule has 1 aromatic carbocycles. The first-order chi connectivity index (χ1) is 13.1. The fourth-order valence-corrected chi connectivity index (χ4v) is 4.44. The number of carbonyl (C=O) groups is 1. The van der Waals surface area contributed by atoms with Crippen molar-refractivity contribution in [2.75, 3.05) is 34.4 Å². The molecule has 6 nitrogen and oxygen atoms in total. The van der Waals surface area contributed by atoms with Gasteiger partial charge in [0.1, 0.15) is 0 Å². The molecule has 27 heavy (non-hydrogen) atoms. The quantitative estimate of drug-likeness (QED) is 0.777. The van der Waals surface area contributed by atoms with E-state index in [1.165, 1.54) is 5.56 Å². The van der Waals surface area contributed by atoms with E-state index in [1.54, 1.807) is 32.7 Å². The van der Waals surface area contributed by atoms with Crippen LogP contribution < -0.4 is 14.2 Å². The van der Waals surface area contributed by atoms with Crippen LogP contribution in [-0.4, -0.2) is 50.4 Å². The summed E-state index contributed by atoms with van der Waals surface area (Å²) in [6, 6.07) is 5.97. The summed E-state index contributed by atoms with van der Waals surface area (Å²) in [5.74, 6) is 0.861. The molecule has 1 atom stereocenters. The van der Waals surface area contributed by atoms with E-state index >= 15 is 0 Å². The van der Waals surface area contributed by atoms with Crippen LogP contribution in [0.15, 0.2) is 29.0 Å². The number of methoxy groups -OCH3 is 3. The zero-order valence-electron chi connectivity index (χ0n) is 15.8. The van der Waals surface area contributed by atoms with Gasteiger partial charge in [-0.15, -0.1) is 0 Å². The third-order valence-electron chi connectivity index (χ3n) is 5.13. The van der Waals surface area contributed by atoms with Gasteiger partial charge in [-0.05, 0) is 60.5 Å². The molecule has 0 aliphatic carbocycles. The largest absolute Gasteiger partial charge is 0.493 e. The van der Waals surface area contributed by atoms with Crippen molar-refractivity contribution in [3.8, 4) is 17.2 Å². The van der Waals surface area contributed by atoms with Gasteiger partial charge in [0.25, 0.3) is 0 Å². The minimum Gasteiger partial charge on any atom is -0.493 e. The van der Waals surface area contributed by atoms with E-state index in [-0.39, 0.29) is 12.0 Å². The van der Waals surface area contributed by atoms with E-state index in [4.69, 9.17) is 14.2 Å². The van der Waals surface area contributed by atoms with Crippen molar-refractivity contribution in [3.63, 3.8) is 0 Å². The van der Waals surface area contributed by atoms with Gasteiger partial charge >= 0.3 is 5.97 Å². The van der Waals surface area contributed by atoms with Crippen LogP contribution in [-0.2, 0) is 4.79 Å². The molecule has 2 aromatic rings. The summed E-state index contributed by atoms with van der Waals surface area (Å²) in [7, 11) is 4.83. The molecule has 1 aromatic heterocycles. The van der Waals surface area contributed by atoms with Crippen LogP contribution in [0.3, 0.4) is 0 Å². The first-order valence-corrected chi connectivity index (χ1v) is 9.82. The van der Waals surface area contributed by atoms with Crippen molar-refractivity contribution >= 4 is 17.3 Å². The topological polar surface area (TPSA) is 68.2 Å². The number of benzene rings is 1. The van der Waals surface area contributed by atoms with E-state index in [9.17, 15) is 9.90 Å². The van der Waals surface area contributed by atoms with Crippen LogP contribution >= 0.6 is 11.3 Å². The molecule has 1 unspecified atom stereocenters. The molecule has 0 radical (unpaired) electrons. The number of carboxylic acids is 1. The maximum atomic E-state index is 11.3. The van der Waals surface area contributed by atoms with Crippen molar-refractivity contribution in [1.29, 1.82) is 0 Å².